The second-order valence-corrected chi connectivity index (χ2v) is 3.44. The SMILES string of the molecule is Cl.N=C(Cl)c1ccnc(C2CC2)c1. The van der Waals surface area contributed by atoms with Crippen LogP contribution in [-0.2, 0) is 0 Å². The molecular weight excluding hydrogens is 207 g/mol. The highest BCUT2D eigenvalue weighted by molar-refractivity contribution is 6.68. The van der Waals surface area contributed by atoms with Crippen LogP contribution in [0.1, 0.15) is 30.0 Å². The van der Waals surface area contributed by atoms with E-state index in [9.17, 15) is 0 Å². The van der Waals surface area contributed by atoms with Crippen molar-refractivity contribution < 1.29 is 0 Å². The number of pyridine rings is 1. The average molecular weight is 217 g/mol. The van der Waals surface area contributed by atoms with E-state index in [1.807, 2.05) is 6.07 Å². The van der Waals surface area contributed by atoms with Gasteiger partial charge in [0, 0.05) is 23.4 Å². The molecular formula is C9H10Cl2N2. The quantitative estimate of drug-likeness (QED) is 0.759. The Morgan fingerprint density at radius 1 is 1.54 bits per heavy atom. The van der Waals surface area contributed by atoms with Crippen LogP contribution < -0.4 is 0 Å². The fraction of sp³-hybridized carbons (Fsp3) is 0.333. The maximum absolute atomic E-state index is 7.23. The zero-order valence-electron chi connectivity index (χ0n) is 6.96. The normalized spacial score (nSPS) is 14.8. The van der Waals surface area contributed by atoms with Crippen molar-refractivity contribution in [1.82, 2.24) is 4.98 Å². The van der Waals surface area contributed by atoms with Gasteiger partial charge in [-0.3, -0.25) is 10.4 Å². The molecule has 0 aromatic carbocycles. The molecule has 4 heteroatoms. The Labute approximate surface area is 88.2 Å². The van der Waals surface area contributed by atoms with E-state index in [2.05, 4.69) is 4.98 Å². The summed E-state index contributed by atoms with van der Waals surface area (Å²) >= 11 is 5.56. The third-order valence-corrected chi connectivity index (χ3v) is 2.25. The number of halogens is 2. The molecule has 0 radical (unpaired) electrons. The largest absolute Gasteiger partial charge is 0.289 e. The van der Waals surface area contributed by atoms with Crippen molar-refractivity contribution in [2.45, 2.75) is 18.8 Å². The second-order valence-electron chi connectivity index (χ2n) is 3.06. The molecule has 0 aliphatic heterocycles. The molecule has 0 atom stereocenters. The Hall–Kier alpha value is -0.600. The lowest BCUT2D eigenvalue weighted by atomic mass is 10.2. The van der Waals surface area contributed by atoms with Crippen LogP contribution in [0.4, 0.5) is 0 Å². The predicted molar refractivity (Wildman–Crippen MR) is 56.1 cm³/mol. The van der Waals surface area contributed by atoms with Crippen LogP contribution in [0.5, 0.6) is 0 Å². The summed E-state index contributed by atoms with van der Waals surface area (Å²) in [6.45, 7) is 0. The van der Waals surface area contributed by atoms with Crippen LogP contribution in [-0.4, -0.2) is 10.2 Å². The van der Waals surface area contributed by atoms with Crippen LogP contribution >= 0.6 is 24.0 Å². The zero-order valence-corrected chi connectivity index (χ0v) is 8.53. The van der Waals surface area contributed by atoms with Crippen LogP contribution in [0.3, 0.4) is 0 Å². The van der Waals surface area contributed by atoms with E-state index in [-0.39, 0.29) is 17.6 Å². The summed E-state index contributed by atoms with van der Waals surface area (Å²) in [6, 6.07) is 3.67. The van der Waals surface area contributed by atoms with Crippen LogP contribution in [0.2, 0.25) is 0 Å². The molecule has 1 fully saturated rings. The van der Waals surface area contributed by atoms with Gasteiger partial charge in [0.15, 0.2) is 0 Å². The Bertz CT molecular complexity index is 321. The molecule has 1 aromatic rings. The van der Waals surface area contributed by atoms with Gasteiger partial charge >= 0.3 is 0 Å². The van der Waals surface area contributed by atoms with Crippen molar-refractivity contribution in [3.05, 3.63) is 29.6 Å². The maximum atomic E-state index is 7.23. The standard InChI is InChI=1S/C9H9ClN2.ClH/c10-9(11)7-3-4-12-8(5-7)6-1-2-6;/h3-6,11H,1-2H2;1H. The van der Waals surface area contributed by atoms with E-state index in [1.54, 1.807) is 12.3 Å². The van der Waals surface area contributed by atoms with E-state index in [4.69, 9.17) is 17.0 Å². The van der Waals surface area contributed by atoms with Crippen LogP contribution in [0.15, 0.2) is 18.3 Å². The summed E-state index contributed by atoms with van der Waals surface area (Å²) in [4.78, 5) is 4.23. The van der Waals surface area contributed by atoms with Crippen molar-refractivity contribution >= 4 is 29.2 Å². The van der Waals surface area contributed by atoms with Gasteiger partial charge in [-0.2, -0.15) is 0 Å². The molecule has 1 aliphatic carbocycles. The molecule has 1 aromatic heterocycles. The van der Waals surface area contributed by atoms with E-state index >= 15 is 0 Å². The molecule has 2 rings (SSSR count). The fourth-order valence-corrected chi connectivity index (χ4v) is 1.30. The molecule has 0 bridgehead atoms. The van der Waals surface area contributed by atoms with Gasteiger partial charge in [-0.15, -0.1) is 12.4 Å². The van der Waals surface area contributed by atoms with Crippen molar-refractivity contribution in [3.8, 4) is 0 Å². The molecule has 1 N–H and O–H groups in total. The van der Waals surface area contributed by atoms with Gasteiger partial charge in [0.25, 0.3) is 0 Å². The van der Waals surface area contributed by atoms with Crippen molar-refractivity contribution in [2.24, 2.45) is 0 Å². The van der Waals surface area contributed by atoms with E-state index in [0.29, 0.717) is 5.92 Å². The number of nitrogens with zero attached hydrogens (tertiary/aromatic N) is 1. The number of hydrogen-bond acceptors (Lipinski definition) is 2. The maximum Gasteiger partial charge on any atom is 0.128 e. The molecule has 1 aliphatic rings. The molecule has 0 saturated heterocycles. The molecule has 2 nitrogen and oxygen atoms in total. The first-order valence-corrected chi connectivity index (χ1v) is 4.35. The van der Waals surface area contributed by atoms with E-state index < -0.39 is 0 Å². The summed E-state index contributed by atoms with van der Waals surface area (Å²) in [6.07, 6.45) is 4.18. The van der Waals surface area contributed by atoms with Gasteiger partial charge in [0.05, 0.1) is 0 Å². The first kappa shape index (κ1) is 10.5. The minimum atomic E-state index is 0. The average Bonchev–Trinajstić information content (AvgIpc) is 2.87. The number of aromatic nitrogens is 1. The Kier molecular flexibility index (Phi) is 3.28. The van der Waals surface area contributed by atoms with Gasteiger partial charge in [0.2, 0.25) is 0 Å². The highest BCUT2D eigenvalue weighted by atomic mass is 35.5. The number of rotatable bonds is 2. The molecule has 13 heavy (non-hydrogen) atoms. The van der Waals surface area contributed by atoms with Gasteiger partial charge in [-0.1, -0.05) is 11.6 Å². The summed E-state index contributed by atoms with van der Waals surface area (Å²) in [5.74, 6) is 0.626. The summed E-state index contributed by atoms with van der Waals surface area (Å²) in [5.41, 5.74) is 1.85. The lowest BCUT2D eigenvalue weighted by Gasteiger charge is -1.99. The Morgan fingerprint density at radius 2 is 2.23 bits per heavy atom. The fourth-order valence-electron chi connectivity index (χ4n) is 1.19. The molecule has 0 amide bonds. The van der Waals surface area contributed by atoms with Gasteiger partial charge in [-0.05, 0) is 25.0 Å². The topological polar surface area (TPSA) is 36.7 Å². The third kappa shape index (κ3) is 2.42. The highest BCUT2D eigenvalue weighted by Crippen LogP contribution is 2.38. The highest BCUT2D eigenvalue weighted by Gasteiger charge is 2.24. The van der Waals surface area contributed by atoms with Gasteiger partial charge in [-0.25, -0.2) is 0 Å². The number of nitrogens with one attached hydrogen (secondary N) is 1. The lowest BCUT2D eigenvalue weighted by molar-refractivity contribution is 1.02. The van der Waals surface area contributed by atoms with E-state index in [0.717, 1.165) is 11.3 Å². The Balaban J connectivity index is 0.000000845. The van der Waals surface area contributed by atoms with Gasteiger partial charge in [0.1, 0.15) is 5.17 Å². The summed E-state index contributed by atoms with van der Waals surface area (Å²) in [5, 5.41) is 7.33. The minimum Gasteiger partial charge on any atom is -0.289 e. The lowest BCUT2D eigenvalue weighted by Crippen LogP contribution is -1.93. The predicted octanol–water partition coefficient (Wildman–Crippen LogP) is 2.94. The molecule has 0 spiro atoms. The summed E-state index contributed by atoms with van der Waals surface area (Å²) in [7, 11) is 0. The van der Waals surface area contributed by atoms with Crippen LogP contribution in [0.25, 0.3) is 0 Å². The molecule has 1 saturated carbocycles. The minimum absolute atomic E-state index is 0. The van der Waals surface area contributed by atoms with Crippen molar-refractivity contribution in [1.29, 1.82) is 5.41 Å². The van der Waals surface area contributed by atoms with Gasteiger partial charge < -0.3 is 0 Å². The van der Waals surface area contributed by atoms with Crippen molar-refractivity contribution in [2.75, 3.05) is 0 Å². The monoisotopic (exact) mass is 216 g/mol. The molecule has 1 heterocycles. The molecule has 70 valence electrons. The zero-order chi connectivity index (χ0) is 8.55. The van der Waals surface area contributed by atoms with Crippen LogP contribution in [0, 0.1) is 5.41 Å². The van der Waals surface area contributed by atoms with E-state index in [1.165, 1.54) is 12.8 Å². The smallest absolute Gasteiger partial charge is 0.128 e. The third-order valence-electron chi connectivity index (χ3n) is 2.03. The molecule has 0 unspecified atom stereocenters. The first-order valence-electron chi connectivity index (χ1n) is 3.98. The Morgan fingerprint density at radius 3 is 2.77 bits per heavy atom. The first-order chi connectivity index (χ1) is 5.77. The van der Waals surface area contributed by atoms with Crippen molar-refractivity contribution in [3.63, 3.8) is 0 Å². The number of hydrogen-bond donors (Lipinski definition) is 1. The second kappa shape index (κ2) is 4.07. The summed E-state index contributed by atoms with van der Waals surface area (Å²) < 4.78 is 0.